The fourth-order valence-corrected chi connectivity index (χ4v) is 0. The third-order valence-electron chi connectivity index (χ3n) is 0. The van der Waals surface area contributed by atoms with Crippen molar-refractivity contribution in [2.24, 2.45) is 0 Å². The predicted octanol–water partition coefficient (Wildman–Crippen LogP) is -2.46. The van der Waals surface area contributed by atoms with Crippen molar-refractivity contribution in [3.63, 3.8) is 0 Å². The molecule has 0 rings (SSSR count). The van der Waals surface area contributed by atoms with Crippen molar-refractivity contribution >= 4 is 48.1 Å². The number of hydrogen-bond donors (Lipinski definition) is 2. The molecule has 0 aromatic heterocycles. The fraction of sp³-hybridized carbons (Fsp3) is 0. The Morgan fingerprint density at radius 1 is 1.11 bits per heavy atom. The summed E-state index contributed by atoms with van der Waals surface area (Å²) in [4.78, 5) is 0. The molecule has 0 aromatic rings. The van der Waals surface area contributed by atoms with E-state index in [4.69, 9.17) is 17.5 Å². The van der Waals surface area contributed by atoms with Crippen molar-refractivity contribution in [1.82, 2.24) is 0 Å². The molecule has 6 N–H and O–H groups in total. The van der Waals surface area contributed by atoms with Crippen molar-refractivity contribution in [2.75, 3.05) is 0 Å². The molecule has 9 heteroatoms. The summed E-state index contributed by atoms with van der Waals surface area (Å²) in [6.07, 6.45) is 0. The molecule has 0 saturated heterocycles. The van der Waals surface area contributed by atoms with Gasteiger partial charge in [-0.1, -0.05) is 0 Å². The van der Waals surface area contributed by atoms with Crippen LogP contribution in [0.1, 0.15) is 2.85 Å². The van der Waals surface area contributed by atoms with E-state index in [1.54, 1.807) is 0 Å². The fourth-order valence-electron chi connectivity index (χ4n) is 0. The van der Waals surface area contributed by atoms with Gasteiger partial charge in [-0.15, -0.1) is 0 Å². The Hall–Kier alpha value is 1.67. The summed E-state index contributed by atoms with van der Waals surface area (Å²) in [5.41, 5.74) is 0. The van der Waals surface area contributed by atoms with Crippen LogP contribution in [-0.4, -0.2) is 66.2 Å². The maximum Gasteiger partial charge on any atom is 2.00 e. The summed E-state index contributed by atoms with van der Waals surface area (Å²) in [5, 5.41) is 0. The van der Waals surface area contributed by atoms with Crippen LogP contribution in [0.3, 0.4) is 0 Å². The van der Waals surface area contributed by atoms with Gasteiger partial charge in [-0.2, -0.15) is 8.42 Å². The Balaban J connectivity index is -0.00000000533. The first kappa shape index (κ1) is 31.0. The third kappa shape index (κ3) is 203. The Morgan fingerprint density at radius 3 is 1.11 bits per heavy atom. The summed E-state index contributed by atoms with van der Waals surface area (Å²) < 4.78 is 31.6. The Bertz CT molecular complexity index is 104. The topological polar surface area (TPSA) is 138 Å². The first-order valence-corrected chi connectivity index (χ1v) is 2.10. The van der Waals surface area contributed by atoms with E-state index in [1.807, 2.05) is 0 Å². The van der Waals surface area contributed by atoms with E-state index in [2.05, 4.69) is 0 Å². The van der Waals surface area contributed by atoms with Gasteiger partial charge in [-0.3, -0.25) is 9.11 Å². The zero-order valence-corrected chi connectivity index (χ0v) is 10.5. The van der Waals surface area contributed by atoms with Crippen LogP contribution in [0, 0.1) is 0 Å². The minimum atomic E-state index is -4.67. The molecular formula is H8CaO6SZn. The van der Waals surface area contributed by atoms with Crippen molar-refractivity contribution in [3.05, 3.63) is 0 Å². The van der Waals surface area contributed by atoms with Gasteiger partial charge in [-0.05, 0) is 0 Å². The van der Waals surface area contributed by atoms with Gasteiger partial charge in [0.15, 0.2) is 0 Å². The second kappa shape index (κ2) is 12.4. The SMILES string of the molecule is O.O.O=S(=O)(O)O.[Ca+2].[H-].[H-].[Zn]. The van der Waals surface area contributed by atoms with Gasteiger partial charge in [0.2, 0.25) is 0 Å². The zero-order chi connectivity index (χ0) is 4.50. The third-order valence-corrected chi connectivity index (χ3v) is 0. The minimum absolute atomic E-state index is 0. The molecule has 0 spiro atoms. The summed E-state index contributed by atoms with van der Waals surface area (Å²) in [7, 11) is -4.67. The summed E-state index contributed by atoms with van der Waals surface area (Å²) in [6.45, 7) is 0. The van der Waals surface area contributed by atoms with Crippen molar-refractivity contribution in [3.8, 4) is 0 Å². The van der Waals surface area contributed by atoms with E-state index in [9.17, 15) is 0 Å². The Morgan fingerprint density at radius 2 is 1.11 bits per heavy atom. The van der Waals surface area contributed by atoms with Gasteiger partial charge in [0.25, 0.3) is 0 Å². The summed E-state index contributed by atoms with van der Waals surface area (Å²) >= 11 is 0. The maximum absolute atomic E-state index is 8.74. The van der Waals surface area contributed by atoms with Gasteiger partial charge in [0, 0.05) is 19.5 Å². The zero-order valence-electron chi connectivity index (χ0n) is 6.53. The minimum Gasteiger partial charge on any atom is -1.00 e. The van der Waals surface area contributed by atoms with Crippen LogP contribution in [0.2, 0.25) is 0 Å². The second-order valence-electron chi connectivity index (χ2n) is 0.448. The van der Waals surface area contributed by atoms with Crippen molar-refractivity contribution in [1.29, 1.82) is 0 Å². The molecule has 0 aliphatic carbocycles. The predicted molar refractivity (Wildman–Crippen MR) is 29.4 cm³/mol. The van der Waals surface area contributed by atoms with Crippen LogP contribution in [0.5, 0.6) is 0 Å². The van der Waals surface area contributed by atoms with Crippen LogP contribution in [0.4, 0.5) is 0 Å². The first-order valence-electron chi connectivity index (χ1n) is 0.698. The molecule has 54 valence electrons. The Kier molecular flexibility index (Phi) is 42.6. The van der Waals surface area contributed by atoms with E-state index in [1.165, 1.54) is 0 Å². The molecule has 0 fully saturated rings. The molecule has 0 aromatic carbocycles. The van der Waals surface area contributed by atoms with E-state index in [-0.39, 0.29) is 71.0 Å². The number of rotatable bonds is 0. The first-order chi connectivity index (χ1) is 2.00. The van der Waals surface area contributed by atoms with Crippen LogP contribution >= 0.6 is 0 Å². The van der Waals surface area contributed by atoms with E-state index in [0.29, 0.717) is 0 Å². The summed E-state index contributed by atoms with van der Waals surface area (Å²) in [5.74, 6) is 0. The van der Waals surface area contributed by atoms with Gasteiger partial charge < -0.3 is 13.8 Å². The standard InChI is InChI=1S/Ca.H2O4S.2H2O.Zn.2H/c;1-5(2,3)4;;;;;/h;(H2,1,2,3,4);2*1H2;;;/q+2;;;;;2*-1. The Labute approximate surface area is 97.9 Å². The molecule has 0 radical (unpaired) electrons. The maximum atomic E-state index is 8.74. The van der Waals surface area contributed by atoms with Gasteiger partial charge >= 0.3 is 48.1 Å². The molecule has 0 unspecified atom stereocenters. The molecule has 6 nitrogen and oxygen atoms in total. The average Bonchev–Trinajstić information content (AvgIpc) is 0.722. The summed E-state index contributed by atoms with van der Waals surface area (Å²) in [6, 6.07) is 0. The molecule has 0 aliphatic rings. The largest absolute Gasteiger partial charge is 2.00 e. The molecule has 0 saturated carbocycles. The van der Waals surface area contributed by atoms with Gasteiger partial charge in [0.05, 0.1) is 0 Å². The van der Waals surface area contributed by atoms with Crippen LogP contribution in [0.15, 0.2) is 0 Å². The molecular weight excluding hydrogens is 234 g/mol. The average molecular weight is 242 g/mol. The smallest absolute Gasteiger partial charge is 1.00 e. The van der Waals surface area contributed by atoms with Crippen molar-refractivity contribution < 1.29 is 50.8 Å². The monoisotopic (exact) mass is 240 g/mol. The van der Waals surface area contributed by atoms with Gasteiger partial charge in [0.1, 0.15) is 0 Å². The molecule has 0 aliphatic heterocycles. The van der Waals surface area contributed by atoms with Crippen LogP contribution in [0.25, 0.3) is 0 Å². The molecule has 0 bridgehead atoms. The van der Waals surface area contributed by atoms with Gasteiger partial charge in [-0.25, -0.2) is 0 Å². The van der Waals surface area contributed by atoms with E-state index in [0.717, 1.165) is 0 Å². The molecule has 0 amide bonds. The number of hydrogen-bond acceptors (Lipinski definition) is 2. The van der Waals surface area contributed by atoms with Crippen LogP contribution < -0.4 is 0 Å². The van der Waals surface area contributed by atoms with Crippen molar-refractivity contribution in [2.45, 2.75) is 0 Å². The molecule has 0 atom stereocenters. The van der Waals surface area contributed by atoms with E-state index < -0.39 is 10.4 Å². The molecule has 0 heterocycles. The van der Waals surface area contributed by atoms with Crippen LogP contribution in [-0.2, 0) is 29.9 Å². The quantitative estimate of drug-likeness (QED) is 0.359. The van der Waals surface area contributed by atoms with E-state index >= 15 is 0 Å². The normalized spacial score (nSPS) is 6.44. The molecule has 9 heavy (non-hydrogen) atoms. The second-order valence-corrected chi connectivity index (χ2v) is 1.34.